The Kier molecular flexibility index (Phi) is 6.22. The molecule has 2 amide bonds. The first-order valence-electron chi connectivity index (χ1n) is 11.1. The summed E-state index contributed by atoms with van der Waals surface area (Å²) in [4.78, 5) is 29.3. The van der Waals surface area contributed by atoms with Crippen molar-refractivity contribution in [3.63, 3.8) is 0 Å². The Labute approximate surface area is 203 Å². The Morgan fingerprint density at radius 3 is 2.44 bits per heavy atom. The zero-order chi connectivity index (χ0) is 26.6. The highest BCUT2D eigenvalue weighted by Crippen LogP contribution is 2.55. The Balaban J connectivity index is 1.73. The van der Waals surface area contributed by atoms with Crippen molar-refractivity contribution in [2.45, 2.75) is 55.9 Å². The van der Waals surface area contributed by atoms with Gasteiger partial charge in [-0.25, -0.2) is 4.39 Å². The maximum atomic E-state index is 14.5. The fourth-order valence-electron chi connectivity index (χ4n) is 4.78. The van der Waals surface area contributed by atoms with Gasteiger partial charge in [0.15, 0.2) is 17.2 Å². The topological polar surface area (TPSA) is 104 Å². The van der Waals surface area contributed by atoms with Crippen LogP contribution in [0.4, 0.5) is 27.6 Å². The summed E-state index contributed by atoms with van der Waals surface area (Å²) in [6.07, 6.45) is -4.32. The minimum atomic E-state index is -4.88. The number of aromatic nitrogens is 1. The van der Waals surface area contributed by atoms with Crippen LogP contribution >= 0.6 is 0 Å². The number of halogens is 5. The van der Waals surface area contributed by atoms with Gasteiger partial charge in [-0.2, -0.15) is 17.6 Å². The van der Waals surface area contributed by atoms with Crippen LogP contribution in [0, 0.1) is 17.6 Å². The number of pyridine rings is 1. The van der Waals surface area contributed by atoms with Gasteiger partial charge in [-0.1, -0.05) is 13.0 Å². The normalized spacial score (nSPS) is 26.9. The Bertz CT molecular complexity index is 1220. The van der Waals surface area contributed by atoms with E-state index in [4.69, 9.17) is 15.2 Å². The second-order valence-corrected chi connectivity index (χ2v) is 9.31. The quantitative estimate of drug-likeness (QED) is 0.570. The predicted molar refractivity (Wildman–Crippen MR) is 117 cm³/mol. The number of ether oxygens (including phenoxy) is 2. The highest BCUT2D eigenvalue weighted by molar-refractivity contribution is 5.96. The molecule has 7 nitrogen and oxygen atoms in total. The van der Waals surface area contributed by atoms with Gasteiger partial charge in [0.2, 0.25) is 11.7 Å². The second kappa shape index (κ2) is 8.68. The van der Waals surface area contributed by atoms with Gasteiger partial charge < -0.3 is 20.5 Å². The van der Waals surface area contributed by atoms with Crippen molar-refractivity contribution in [2.24, 2.45) is 11.7 Å². The first-order valence-corrected chi connectivity index (χ1v) is 11.1. The van der Waals surface area contributed by atoms with Gasteiger partial charge in [0.25, 0.3) is 5.91 Å². The molecule has 0 spiro atoms. The van der Waals surface area contributed by atoms with Crippen LogP contribution < -0.4 is 15.8 Å². The zero-order valence-corrected chi connectivity index (χ0v) is 19.6. The molecule has 1 saturated carbocycles. The number of alkyl halides is 3. The number of hydrogen-bond acceptors (Lipinski definition) is 5. The number of carbonyl (C=O) groups is 2. The van der Waals surface area contributed by atoms with E-state index in [1.807, 2.05) is 0 Å². The molecule has 0 unspecified atom stereocenters. The zero-order valence-electron chi connectivity index (χ0n) is 19.6. The number of anilines is 1. The molecule has 2 fully saturated rings. The van der Waals surface area contributed by atoms with E-state index in [2.05, 4.69) is 10.3 Å². The number of benzene rings is 1. The van der Waals surface area contributed by atoms with Gasteiger partial charge in [0, 0.05) is 29.3 Å². The first kappa shape index (κ1) is 25.8. The number of nitrogens with one attached hydrogen (secondary N) is 1. The van der Waals surface area contributed by atoms with Crippen molar-refractivity contribution in [3.8, 4) is 5.75 Å². The van der Waals surface area contributed by atoms with Gasteiger partial charge in [-0.05, 0) is 38.0 Å². The van der Waals surface area contributed by atoms with E-state index in [-0.39, 0.29) is 11.3 Å². The van der Waals surface area contributed by atoms with Crippen LogP contribution in [0.2, 0.25) is 0 Å². The standard InChI is InChI=1S/C24H24F5N3O4/c1-11-16(13-4-5-14(25)17(26)18(13)35-3)19(36-22(11,2)24(27,28)29)20(33)32-12-6-9-31-15(10-12)23(7-8-23)21(30)34/h4-6,9-11,16,19H,7-8H2,1-3H3,(H2,30,34)(H,31,32,33)/t11-,16-,19+,22+/m0/s1. The lowest BCUT2D eigenvalue weighted by atomic mass is 9.77. The van der Waals surface area contributed by atoms with Crippen LogP contribution in [0.1, 0.15) is 43.9 Å². The Hall–Kier alpha value is -3.28. The molecular weight excluding hydrogens is 489 g/mol. The van der Waals surface area contributed by atoms with Crippen molar-refractivity contribution in [2.75, 3.05) is 12.4 Å². The number of carbonyl (C=O) groups excluding carboxylic acids is 2. The summed E-state index contributed by atoms with van der Waals surface area (Å²) in [5.41, 5.74) is 2.09. The molecule has 0 bridgehead atoms. The molecule has 0 radical (unpaired) electrons. The van der Waals surface area contributed by atoms with E-state index >= 15 is 0 Å². The molecule has 1 aliphatic carbocycles. The fraction of sp³-hybridized carbons (Fsp3) is 0.458. The van der Waals surface area contributed by atoms with Crippen LogP contribution in [-0.2, 0) is 19.7 Å². The molecule has 2 heterocycles. The highest BCUT2D eigenvalue weighted by atomic mass is 19.4. The molecule has 36 heavy (non-hydrogen) atoms. The Morgan fingerprint density at radius 2 is 1.89 bits per heavy atom. The molecule has 1 saturated heterocycles. The lowest BCUT2D eigenvalue weighted by molar-refractivity contribution is -0.272. The molecular formula is C24H24F5N3O4. The van der Waals surface area contributed by atoms with Gasteiger partial charge in [-0.3, -0.25) is 14.6 Å². The summed E-state index contributed by atoms with van der Waals surface area (Å²) < 4.78 is 80.8. The minimum Gasteiger partial charge on any atom is -0.493 e. The van der Waals surface area contributed by atoms with E-state index in [1.165, 1.54) is 25.3 Å². The van der Waals surface area contributed by atoms with E-state index in [9.17, 15) is 31.5 Å². The number of nitrogens with zero attached hydrogens (tertiary/aromatic N) is 1. The van der Waals surface area contributed by atoms with E-state index in [0.717, 1.165) is 26.2 Å². The van der Waals surface area contributed by atoms with Crippen molar-refractivity contribution in [1.82, 2.24) is 4.98 Å². The number of methoxy groups -OCH3 is 1. The molecule has 1 aromatic heterocycles. The molecule has 1 aromatic carbocycles. The largest absolute Gasteiger partial charge is 0.493 e. The lowest BCUT2D eigenvalue weighted by Gasteiger charge is -2.32. The van der Waals surface area contributed by atoms with Crippen LogP contribution in [0.5, 0.6) is 5.75 Å². The first-order chi connectivity index (χ1) is 16.8. The van der Waals surface area contributed by atoms with Crippen LogP contribution in [-0.4, -0.2) is 41.8 Å². The lowest BCUT2D eigenvalue weighted by Crippen LogP contribution is -2.47. The van der Waals surface area contributed by atoms with Crippen molar-refractivity contribution in [1.29, 1.82) is 0 Å². The second-order valence-electron chi connectivity index (χ2n) is 9.31. The van der Waals surface area contributed by atoms with Crippen LogP contribution in [0.15, 0.2) is 30.5 Å². The van der Waals surface area contributed by atoms with Crippen LogP contribution in [0.25, 0.3) is 0 Å². The average molecular weight is 513 g/mol. The molecule has 1 aliphatic heterocycles. The van der Waals surface area contributed by atoms with E-state index < -0.39 is 64.3 Å². The molecule has 4 rings (SSSR count). The van der Waals surface area contributed by atoms with Crippen molar-refractivity contribution >= 4 is 17.5 Å². The average Bonchev–Trinajstić information content (AvgIpc) is 3.57. The summed E-state index contributed by atoms with van der Waals surface area (Å²) in [7, 11) is 1.05. The van der Waals surface area contributed by atoms with Gasteiger partial charge in [0.1, 0.15) is 6.10 Å². The molecule has 2 aliphatic rings. The van der Waals surface area contributed by atoms with Gasteiger partial charge in [-0.15, -0.1) is 0 Å². The minimum absolute atomic E-state index is 0.141. The van der Waals surface area contributed by atoms with E-state index in [0.29, 0.717) is 18.5 Å². The molecule has 194 valence electrons. The number of hydrogen-bond donors (Lipinski definition) is 2. The molecule has 4 atom stereocenters. The molecule has 2 aromatic rings. The number of rotatable bonds is 6. The molecule has 3 N–H and O–H groups in total. The monoisotopic (exact) mass is 513 g/mol. The third-order valence-electron chi connectivity index (χ3n) is 7.31. The fourth-order valence-corrected chi connectivity index (χ4v) is 4.78. The smallest absolute Gasteiger partial charge is 0.417 e. The molecule has 12 heteroatoms. The maximum absolute atomic E-state index is 14.5. The summed E-state index contributed by atoms with van der Waals surface area (Å²) in [5.74, 6) is -7.50. The van der Waals surface area contributed by atoms with Crippen molar-refractivity contribution < 1.29 is 41.0 Å². The summed E-state index contributed by atoms with van der Waals surface area (Å²) >= 11 is 0. The number of nitrogens with two attached hydrogens (primary N) is 1. The van der Waals surface area contributed by atoms with E-state index in [1.54, 1.807) is 0 Å². The Morgan fingerprint density at radius 1 is 1.22 bits per heavy atom. The van der Waals surface area contributed by atoms with Crippen molar-refractivity contribution in [3.05, 3.63) is 53.4 Å². The number of amides is 2. The third kappa shape index (κ3) is 3.97. The third-order valence-corrected chi connectivity index (χ3v) is 7.31. The SMILES string of the molecule is COc1c([C@H]2[C@H](C(=O)Nc3ccnc(C4(C(N)=O)CC4)c3)O[C@@](C)(C(F)(F)F)[C@H]2C)ccc(F)c1F. The summed E-state index contributed by atoms with van der Waals surface area (Å²) in [6, 6.07) is 4.65. The number of primary amides is 1. The van der Waals surface area contributed by atoms with Gasteiger partial charge >= 0.3 is 6.18 Å². The summed E-state index contributed by atoms with van der Waals surface area (Å²) in [6.45, 7) is 2.03. The predicted octanol–water partition coefficient (Wildman–Crippen LogP) is 3.96. The highest BCUT2D eigenvalue weighted by Gasteiger charge is 2.66. The maximum Gasteiger partial charge on any atom is 0.417 e. The van der Waals surface area contributed by atoms with Gasteiger partial charge in [0.05, 0.1) is 18.2 Å². The van der Waals surface area contributed by atoms with Crippen LogP contribution in [0.3, 0.4) is 0 Å². The summed E-state index contributed by atoms with van der Waals surface area (Å²) in [5, 5.41) is 2.50.